The lowest BCUT2D eigenvalue weighted by atomic mass is 9.86. The molecule has 0 atom stereocenters. The van der Waals surface area contributed by atoms with Gasteiger partial charge in [-0.15, -0.1) is 11.3 Å². The lowest BCUT2D eigenvalue weighted by molar-refractivity contribution is 0.591. The molecule has 0 N–H and O–H groups in total. The van der Waals surface area contributed by atoms with Crippen molar-refractivity contribution in [1.82, 2.24) is 9.13 Å². The Labute approximate surface area is 289 Å². The van der Waals surface area contributed by atoms with Gasteiger partial charge in [0.2, 0.25) is 0 Å². The minimum Gasteiger partial charge on any atom is -0.309 e. The molecular formula is C46H34N2S. The molecule has 3 heteroatoms. The van der Waals surface area contributed by atoms with Crippen LogP contribution in [-0.4, -0.2) is 9.13 Å². The summed E-state index contributed by atoms with van der Waals surface area (Å²) in [5, 5.41) is 7.85. The molecular weight excluding hydrogens is 613 g/mol. The first-order chi connectivity index (χ1) is 23.9. The van der Waals surface area contributed by atoms with Crippen LogP contribution in [0.15, 0.2) is 152 Å². The number of hydrogen-bond donors (Lipinski definition) is 0. The molecule has 0 fully saturated rings. The van der Waals surface area contributed by atoms with E-state index in [0.717, 1.165) is 0 Å². The van der Waals surface area contributed by atoms with E-state index in [1.165, 1.54) is 91.8 Å². The molecule has 49 heavy (non-hydrogen) atoms. The van der Waals surface area contributed by atoms with Crippen molar-refractivity contribution < 1.29 is 0 Å². The van der Waals surface area contributed by atoms with Crippen molar-refractivity contribution >= 4 is 75.1 Å². The third kappa shape index (κ3) is 4.25. The number of benzene rings is 7. The maximum absolute atomic E-state index is 2.46. The van der Waals surface area contributed by atoms with Crippen LogP contribution in [0.5, 0.6) is 0 Å². The Morgan fingerprint density at radius 3 is 1.65 bits per heavy atom. The molecule has 0 aliphatic carbocycles. The molecule has 10 rings (SSSR count). The first-order valence-electron chi connectivity index (χ1n) is 17.0. The molecule has 0 aliphatic rings. The number of rotatable bonds is 3. The van der Waals surface area contributed by atoms with Crippen LogP contribution < -0.4 is 0 Å². The van der Waals surface area contributed by atoms with Gasteiger partial charge in [0.25, 0.3) is 0 Å². The Morgan fingerprint density at radius 2 is 0.980 bits per heavy atom. The lowest BCUT2D eigenvalue weighted by Gasteiger charge is -2.19. The largest absolute Gasteiger partial charge is 0.309 e. The fraction of sp³-hybridized carbons (Fsp3) is 0.0870. The van der Waals surface area contributed by atoms with Gasteiger partial charge >= 0.3 is 0 Å². The van der Waals surface area contributed by atoms with Crippen LogP contribution >= 0.6 is 11.3 Å². The molecule has 0 saturated heterocycles. The van der Waals surface area contributed by atoms with E-state index in [1.54, 1.807) is 0 Å². The van der Waals surface area contributed by atoms with Crippen LogP contribution in [0.25, 0.3) is 86.3 Å². The topological polar surface area (TPSA) is 9.86 Å². The summed E-state index contributed by atoms with van der Waals surface area (Å²) >= 11 is 1.88. The summed E-state index contributed by atoms with van der Waals surface area (Å²) in [5.74, 6) is 0. The van der Waals surface area contributed by atoms with Crippen LogP contribution in [0.4, 0.5) is 0 Å². The number of para-hydroxylation sites is 2. The minimum absolute atomic E-state index is 0.0979. The van der Waals surface area contributed by atoms with Crippen molar-refractivity contribution in [3.8, 4) is 22.5 Å². The Hall–Kier alpha value is -5.64. The molecule has 0 unspecified atom stereocenters. The molecule has 0 amide bonds. The standard InChI is InChI=1S/C46H34N2S/c1-46(2,3)31-20-26-41-38(28-31)35-11-5-7-13-39(35)47(41)32-21-16-29(17-22-32)30-18-23-33(24-19-30)48-40-14-8-4-10-34(40)36-25-27-43-44(45(36)48)37-12-6-9-15-42(37)49-43/h4-28H,1-3H3. The number of hydrogen-bond acceptors (Lipinski definition) is 1. The lowest BCUT2D eigenvalue weighted by Crippen LogP contribution is -2.10. The Morgan fingerprint density at radius 1 is 0.429 bits per heavy atom. The second kappa shape index (κ2) is 10.4. The minimum atomic E-state index is 0.0979. The van der Waals surface area contributed by atoms with Gasteiger partial charge in [-0.2, -0.15) is 0 Å². The highest BCUT2D eigenvalue weighted by Crippen LogP contribution is 2.43. The van der Waals surface area contributed by atoms with Crippen LogP contribution in [0.2, 0.25) is 0 Å². The maximum atomic E-state index is 2.46. The number of thiophene rings is 1. The third-order valence-corrected chi connectivity index (χ3v) is 11.4. The number of aromatic nitrogens is 2. The zero-order chi connectivity index (χ0) is 32.9. The van der Waals surface area contributed by atoms with Crippen LogP contribution in [0, 0.1) is 0 Å². The van der Waals surface area contributed by atoms with Gasteiger partial charge in [0, 0.05) is 53.1 Å². The normalized spacial score (nSPS) is 12.4. The highest BCUT2D eigenvalue weighted by Gasteiger charge is 2.19. The van der Waals surface area contributed by atoms with Crippen molar-refractivity contribution in [3.63, 3.8) is 0 Å². The van der Waals surface area contributed by atoms with E-state index in [-0.39, 0.29) is 5.41 Å². The van der Waals surface area contributed by atoms with E-state index < -0.39 is 0 Å². The SMILES string of the molecule is CC(C)(C)c1ccc2c(c1)c1ccccc1n2-c1ccc(-c2ccc(-n3c4ccccc4c4ccc5sc6ccccc6c5c43)cc2)cc1. The second-order valence-electron chi connectivity index (χ2n) is 14.2. The summed E-state index contributed by atoms with van der Waals surface area (Å²) < 4.78 is 7.52. The van der Waals surface area contributed by atoms with Crippen LogP contribution in [0.3, 0.4) is 0 Å². The van der Waals surface area contributed by atoms with E-state index in [9.17, 15) is 0 Å². The zero-order valence-corrected chi connectivity index (χ0v) is 28.6. The maximum Gasteiger partial charge on any atom is 0.0634 e. The summed E-state index contributed by atoms with van der Waals surface area (Å²) in [6, 6.07) is 56.1. The molecule has 0 saturated carbocycles. The summed E-state index contributed by atoms with van der Waals surface area (Å²) in [6.45, 7) is 6.85. The molecule has 0 bridgehead atoms. The van der Waals surface area contributed by atoms with Gasteiger partial charge in [-0.1, -0.05) is 112 Å². The van der Waals surface area contributed by atoms with Crippen molar-refractivity contribution in [2.24, 2.45) is 0 Å². The molecule has 234 valence electrons. The summed E-state index contributed by atoms with van der Waals surface area (Å²) in [7, 11) is 0. The number of fused-ring (bicyclic) bond motifs is 10. The van der Waals surface area contributed by atoms with Crippen molar-refractivity contribution in [3.05, 3.63) is 157 Å². The van der Waals surface area contributed by atoms with Gasteiger partial charge in [-0.3, -0.25) is 0 Å². The van der Waals surface area contributed by atoms with Crippen LogP contribution in [0.1, 0.15) is 26.3 Å². The first-order valence-corrected chi connectivity index (χ1v) is 17.8. The summed E-state index contributed by atoms with van der Waals surface area (Å²) in [4.78, 5) is 0. The Balaban J connectivity index is 1.08. The molecule has 0 spiro atoms. The highest BCUT2D eigenvalue weighted by atomic mass is 32.1. The first kappa shape index (κ1) is 28.4. The van der Waals surface area contributed by atoms with Gasteiger partial charge in [0.1, 0.15) is 0 Å². The highest BCUT2D eigenvalue weighted by molar-refractivity contribution is 7.26. The zero-order valence-electron chi connectivity index (χ0n) is 27.7. The van der Waals surface area contributed by atoms with E-state index in [1.807, 2.05) is 11.3 Å². The van der Waals surface area contributed by atoms with Crippen molar-refractivity contribution in [2.45, 2.75) is 26.2 Å². The molecule has 0 radical (unpaired) electrons. The van der Waals surface area contributed by atoms with E-state index in [0.29, 0.717) is 0 Å². The van der Waals surface area contributed by atoms with Gasteiger partial charge in [-0.25, -0.2) is 0 Å². The average molecular weight is 647 g/mol. The average Bonchev–Trinajstić information content (AvgIpc) is 3.79. The quantitative estimate of drug-likeness (QED) is 0.181. The van der Waals surface area contributed by atoms with E-state index in [2.05, 4.69) is 182 Å². The predicted molar refractivity (Wildman–Crippen MR) is 212 cm³/mol. The van der Waals surface area contributed by atoms with Gasteiger partial charge in [0.15, 0.2) is 0 Å². The summed E-state index contributed by atoms with van der Waals surface area (Å²) in [5.41, 5.74) is 11.2. The van der Waals surface area contributed by atoms with Gasteiger partial charge in [-0.05, 0) is 82.8 Å². The molecule has 2 nitrogen and oxygen atoms in total. The van der Waals surface area contributed by atoms with Gasteiger partial charge in [0.05, 0.1) is 22.1 Å². The van der Waals surface area contributed by atoms with Gasteiger partial charge < -0.3 is 9.13 Å². The molecule has 7 aromatic carbocycles. The van der Waals surface area contributed by atoms with E-state index in [4.69, 9.17) is 0 Å². The van der Waals surface area contributed by atoms with E-state index >= 15 is 0 Å². The molecule has 3 aromatic heterocycles. The number of nitrogens with zero attached hydrogens (tertiary/aromatic N) is 2. The van der Waals surface area contributed by atoms with Crippen molar-refractivity contribution in [2.75, 3.05) is 0 Å². The Bertz CT molecular complexity index is 2890. The van der Waals surface area contributed by atoms with Crippen molar-refractivity contribution in [1.29, 1.82) is 0 Å². The molecule has 10 aromatic rings. The fourth-order valence-corrected chi connectivity index (χ4v) is 8.97. The molecule has 0 aliphatic heterocycles. The fourth-order valence-electron chi connectivity index (χ4n) is 7.86. The summed E-state index contributed by atoms with van der Waals surface area (Å²) in [6.07, 6.45) is 0. The molecule has 3 heterocycles. The third-order valence-electron chi connectivity index (χ3n) is 10.3. The second-order valence-corrected chi connectivity index (χ2v) is 15.3. The van der Waals surface area contributed by atoms with Crippen LogP contribution in [-0.2, 0) is 5.41 Å². The smallest absolute Gasteiger partial charge is 0.0634 e. The monoisotopic (exact) mass is 646 g/mol. The predicted octanol–water partition coefficient (Wildman–Crippen LogP) is 13.2. The Kier molecular flexibility index (Phi) is 6.04.